The molecule has 0 saturated heterocycles. The van der Waals surface area contributed by atoms with Gasteiger partial charge in [-0.15, -0.1) is 5.10 Å². The molecule has 3 aromatic rings. The molecule has 6 nitrogen and oxygen atoms in total. The number of nitrogens with zero attached hydrogens (tertiary/aromatic N) is 2. The highest BCUT2D eigenvalue weighted by atomic mass is 32.1. The summed E-state index contributed by atoms with van der Waals surface area (Å²) in [6.07, 6.45) is 0. The van der Waals surface area contributed by atoms with Gasteiger partial charge in [0, 0.05) is 17.0 Å². The summed E-state index contributed by atoms with van der Waals surface area (Å²) in [5.41, 5.74) is 1.75. The molecular formula is C16H16N2O4S. The summed E-state index contributed by atoms with van der Waals surface area (Å²) in [5.74, 6) is 0.608. The third-order valence-corrected chi connectivity index (χ3v) is 4.32. The van der Waals surface area contributed by atoms with E-state index in [1.807, 2.05) is 26.0 Å². The fourth-order valence-electron chi connectivity index (χ4n) is 2.14. The molecular weight excluding hydrogens is 316 g/mol. The number of rotatable bonds is 5. The van der Waals surface area contributed by atoms with Crippen LogP contribution in [0.2, 0.25) is 0 Å². The first-order chi connectivity index (χ1) is 11.1. The molecule has 0 aliphatic carbocycles. The van der Waals surface area contributed by atoms with Crippen molar-refractivity contribution < 1.29 is 13.9 Å². The van der Waals surface area contributed by atoms with Gasteiger partial charge >= 0.3 is 5.63 Å². The van der Waals surface area contributed by atoms with Crippen LogP contribution in [0.15, 0.2) is 27.4 Å². The van der Waals surface area contributed by atoms with Crippen LogP contribution in [0.3, 0.4) is 0 Å². The summed E-state index contributed by atoms with van der Waals surface area (Å²) < 4.78 is 16.3. The van der Waals surface area contributed by atoms with Gasteiger partial charge in [-0.2, -0.15) is 0 Å². The third-order valence-electron chi connectivity index (χ3n) is 3.51. The van der Waals surface area contributed by atoms with Crippen molar-refractivity contribution in [1.29, 1.82) is 0 Å². The van der Waals surface area contributed by atoms with Gasteiger partial charge in [-0.1, -0.05) is 16.4 Å². The molecule has 0 aliphatic heterocycles. The smallest absolute Gasteiger partial charge is 0.339 e. The Morgan fingerprint density at radius 1 is 1.17 bits per heavy atom. The SMILES string of the molecule is CCOc1nnc(COc2ccc3c(C)c(C)c(=O)oc3c2)s1. The summed E-state index contributed by atoms with van der Waals surface area (Å²) in [6.45, 7) is 6.40. The maximum absolute atomic E-state index is 11.8. The Kier molecular flexibility index (Phi) is 4.29. The Bertz CT molecular complexity index is 901. The molecule has 0 radical (unpaired) electrons. The molecule has 2 heterocycles. The molecule has 23 heavy (non-hydrogen) atoms. The normalized spacial score (nSPS) is 10.9. The first kappa shape index (κ1) is 15.5. The topological polar surface area (TPSA) is 74.5 Å². The van der Waals surface area contributed by atoms with Gasteiger partial charge in [0.2, 0.25) is 0 Å². The van der Waals surface area contributed by atoms with Crippen LogP contribution in [0.25, 0.3) is 11.0 Å². The highest BCUT2D eigenvalue weighted by Gasteiger charge is 2.10. The lowest BCUT2D eigenvalue weighted by Crippen LogP contribution is -2.05. The van der Waals surface area contributed by atoms with E-state index in [1.165, 1.54) is 11.3 Å². The van der Waals surface area contributed by atoms with Gasteiger partial charge in [0.1, 0.15) is 17.9 Å². The average Bonchev–Trinajstić information content (AvgIpc) is 2.98. The number of fused-ring (bicyclic) bond motifs is 1. The zero-order chi connectivity index (χ0) is 16.4. The number of aryl methyl sites for hydroxylation is 1. The van der Waals surface area contributed by atoms with Gasteiger partial charge in [-0.25, -0.2) is 4.79 Å². The largest absolute Gasteiger partial charge is 0.486 e. The Labute approximate surface area is 136 Å². The van der Waals surface area contributed by atoms with E-state index in [0.29, 0.717) is 28.7 Å². The van der Waals surface area contributed by atoms with Crippen LogP contribution >= 0.6 is 11.3 Å². The Balaban J connectivity index is 1.80. The fourth-order valence-corrected chi connectivity index (χ4v) is 2.80. The van der Waals surface area contributed by atoms with Crippen molar-refractivity contribution in [3.8, 4) is 10.9 Å². The van der Waals surface area contributed by atoms with Crippen molar-refractivity contribution in [3.05, 3.63) is 44.8 Å². The van der Waals surface area contributed by atoms with Crippen LogP contribution in [0, 0.1) is 13.8 Å². The molecule has 0 spiro atoms. The van der Waals surface area contributed by atoms with E-state index in [0.717, 1.165) is 16.0 Å². The lowest BCUT2D eigenvalue weighted by atomic mass is 10.1. The van der Waals surface area contributed by atoms with Crippen LogP contribution in [-0.2, 0) is 6.61 Å². The molecule has 2 aromatic heterocycles. The van der Waals surface area contributed by atoms with Gasteiger partial charge < -0.3 is 13.9 Å². The van der Waals surface area contributed by atoms with Crippen LogP contribution < -0.4 is 15.1 Å². The van der Waals surface area contributed by atoms with Gasteiger partial charge in [-0.05, 0) is 38.5 Å². The van der Waals surface area contributed by atoms with Crippen LogP contribution in [0.4, 0.5) is 0 Å². The molecule has 120 valence electrons. The highest BCUT2D eigenvalue weighted by Crippen LogP contribution is 2.25. The second-order valence-corrected chi connectivity index (χ2v) is 6.01. The van der Waals surface area contributed by atoms with Crippen molar-refractivity contribution in [1.82, 2.24) is 10.2 Å². The lowest BCUT2D eigenvalue weighted by Gasteiger charge is -2.07. The average molecular weight is 332 g/mol. The van der Waals surface area contributed by atoms with E-state index in [1.54, 1.807) is 13.0 Å². The van der Waals surface area contributed by atoms with E-state index in [9.17, 15) is 4.79 Å². The van der Waals surface area contributed by atoms with Gasteiger partial charge in [0.15, 0.2) is 5.01 Å². The molecule has 3 rings (SSSR count). The molecule has 0 amide bonds. The Morgan fingerprint density at radius 3 is 2.78 bits per heavy atom. The molecule has 1 aromatic carbocycles. The molecule has 0 aliphatic rings. The Hall–Kier alpha value is -2.41. The van der Waals surface area contributed by atoms with E-state index < -0.39 is 0 Å². The van der Waals surface area contributed by atoms with Crippen LogP contribution in [0.5, 0.6) is 10.9 Å². The lowest BCUT2D eigenvalue weighted by molar-refractivity contribution is 0.304. The zero-order valence-corrected chi connectivity index (χ0v) is 13.9. The molecule has 0 bridgehead atoms. The van der Waals surface area contributed by atoms with Crippen molar-refractivity contribution >= 4 is 22.3 Å². The highest BCUT2D eigenvalue weighted by molar-refractivity contribution is 7.13. The standard InChI is InChI=1S/C16H16N2O4S/c1-4-20-16-18-17-14(23-16)8-21-11-5-6-12-9(2)10(3)15(19)22-13(12)7-11/h5-7H,4,8H2,1-3H3. The number of hydrogen-bond donors (Lipinski definition) is 0. The quantitative estimate of drug-likeness (QED) is 0.668. The number of benzene rings is 1. The van der Waals surface area contributed by atoms with E-state index >= 15 is 0 Å². The number of hydrogen-bond acceptors (Lipinski definition) is 7. The van der Waals surface area contributed by atoms with Gasteiger partial charge in [-0.3, -0.25) is 0 Å². The maximum atomic E-state index is 11.8. The van der Waals surface area contributed by atoms with Crippen molar-refractivity contribution in [2.45, 2.75) is 27.4 Å². The van der Waals surface area contributed by atoms with E-state index in [4.69, 9.17) is 13.9 Å². The summed E-state index contributed by atoms with van der Waals surface area (Å²) in [4.78, 5) is 11.8. The van der Waals surface area contributed by atoms with Crippen molar-refractivity contribution in [3.63, 3.8) is 0 Å². The summed E-state index contributed by atoms with van der Waals surface area (Å²) in [5, 5.41) is 10.1. The van der Waals surface area contributed by atoms with E-state index in [2.05, 4.69) is 10.2 Å². The first-order valence-electron chi connectivity index (χ1n) is 7.20. The van der Waals surface area contributed by atoms with Crippen LogP contribution in [0.1, 0.15) is 23.1 Å². The number of aromatic nitrogens is 2. The molecule has 0 saturated carbocycles. The van der Waals surface area contributed by atoms with Gasteiger partial charge in [0.25, 0.3) is 5.19 Å². The fraction of sp³-hybridized carbons (Fsp3) is 0.312. The second-order valence-electron chi connectivity index (χ2n) is 4.98. The zero-order valence-electron chi connectivity index (χ0n) is 13.1. The second kappa shape index (κ2) is 6.37. The molecule has 0 atom stereocenters. The minimum absolute atomic E-state index is 0.283. The minimum atomic E-state index is -0.322. The first-order valence-corrected chi connectivity index (χ1v) is 8.02. The molecule has 0 fully saturated rings. The van der Waals surface area contributed by atoms with Crippen LogP contribution in [-0.4, -0.2) is 16.8 Å². The maximum Gasteiger partial charge on any atom is 0.339 e. The summed E-state index contributed by atoms with van der Waals surface area (Å²) in [7, 11) is 0. The van der Waals surface area contributed by atoms with Crippen molar-refractivity contribution in [2.75, 3.05) is 6.61 Å². The third kappa shape index (κ3) is 3.19. The molecule has 7 heteroatoms. The molecule has 0 unspecified atom stereocenters. The monoisotopic (exact) mass is 332 g/mol. The predicted octanol–water partition coefficient (Wildman–Crippen LogP) is 3.24. The summed E-state index contributed by atoms with van der Waals surface area (Å²) >= 11 is 1.34. The summed E-state index contributed by atoms with van der Waals surface area (Å²) in [6, 6.07) is 5.45. The predicted molar refractivity (Wildman–Crippen MR) is 87.4 cm³/mol. The molecule has 0 N–H and O–H groups in total. The van der Waals surface area contributed by atoms with E-state index in [-0.39, 0.29) is 12.2 Å². The van der Waals surface area contributed by atoms with Gasteiger partial charge in [0.05, 0.1) is 6.61 Å². The Morgan fingerprint density at radius 2 is 2.00 bits per heavy atom. The minimum Gasteiger partial charge on any atom is -0.486 e. The number of ether oxygens (including phenoxy) is 2. The van der Waals surface area contributed by atoms with Crippen molar-refractivity contribution in [2.24, 2.45) is 0 Å².